The van der Waals surface area contributed by atoms with Crippen molar-refractivity contribution in [2.45, 2.75) is 10.4 Å². The van der Waals surface area contributed by atoms with Crippen molar-refractivity contribution >= 4 is 27.1 Å². The molecule has 8 nitrogen and oxygen atoms in total. The molecule has 2 aromatic carbocycles. The largest absolute Gasteiger partial charge is 0.501 e. The third-order valence-corrected chi connectivity index (χ3v) is 6.21. The van der Waals surface area contributed by atoms with Gasteiger partial charge in [-0.25, -0.2) is 8.42 Å². The van der Waals surface area contributed by atoms with Crippen LogP contribution in [0.15, 0.2) is 53.4 Å². The Bertz CT molecular complexity index is 1050. The van der Waals surface area contributed by atoms with E-state index in [0.717, 1.165) is 12.1 Å². The first kappa shape index (κ1) is 21.6. The third kappa shape index (κ3) is 4.22. The molecule has 1 saturated heterocycles. The summed E-state index contributed by atoms with van der Waals surface area (Å²) in [6, 6.07) is 9.68. The maximum absolute atomic E-state index is 12.6. The van der Waals surface area contributed by atoms with Crippen LogP contribution in [0.3, 0.4) is 0 Å². The quantitative estimate of drug-likeness (QED) is 0.532. The SMILES string of the molecule is O=C(c1ccc([N+](=O)[O-])cc1)N1CCN(c2ccc(S(=O)(=O)C(F)(F)F)cc2)CC1. The van der Waals surface area contributed by atoms with Crippen molar-refractivity contribution in [3.05, 3.63) is 64.2 Å². The number of rotatable bonds is 4. The van der Waals surface area contributed by atoms with Gasteiger partial charge in [-0.3, -0.25) is 14.9 Å². The second-order valence-electron chi connectivity index (χ2n) is 6.53. The molecule has 3 rings (SSSR count). The van der Waals surface area contributed by atoms with Gasteiger partial charge in [0.1, 0.15) is 0 Å². The van der Waals surface area contributed by atoms with Gasteiger partial charge in [0.05, 0.1) is 9.82 Å². The van der Waals surface area contributed by atoms with Crippen LogP contribution in [0, 0.1) is 10.1 Å². The molecule has 1 fully saturated rings. The Labute approximate surface area is 169 Å². The summed E-state index contributed by atoms with van der Waals surface area (Å²) in [5.41, 5.74) is -4.63. The van der Waals surface area contributed by atoms with E-state index in [9.17, 15) is 36.5 Å². The van der Waals surface area contributed by atoms with E-state index in [0.29, 0.717) is 37.4 Å². The van der Waals surface area contributed by atoms with Gasteiger partial charge in [-0.2, -0.15) is 13.2 Å². The Morgan fingerprint density at radius 2 is 1.47 bits per heavy atom. The normalized spacial score (nSPS) is 15.2. The number of anilines is 1. The minimum absolute atomic E-state index is 0.118. The van der Waals surface area contributed by atoms with Crippen molar-refractivity contribution in [3.63, 3.8) is 0 Å². The monoisotopic (exact) mass is 443 g/mol. The lowest BCUT2D eigenvalue weighted by molar-refractivity contribution is -0.384. The van der Waals surface area contributed by atoms with Crippen molar-refractivity contribution in [3.8, 4) is 0 Å². The van der Waals surface area contributed by atoms with Gasteiger partial charge in [0.25, 0.3) is 21.4 Å². The average molecular weight is 443 g/mol. The molecule has 30 heavy (non-hydrogen) atoms. The van der Waals surface area contributed by atoms with Crippen molar-refractivity contribution < 1.29 is 31.3 Å². The molecule has 1 aliphatic heterocycles. The van der Waals surface area contributed by atoms with Crippen LogP contribution in [0.5, 0.6) is 0 Å². The third-order valence-electron chi connectivity index (χ3n) is 4.71. The molecule has 0 atom stereocenters. The summed E-state index contributed by atoms with van der Waals surface area (Å²) < 4.78 is 60.7. The molecule has 0 saturated carbocycles. The minimum atomic E-state index is -5.40. The number of nitro groups is 1. The molecular weight excluding hydrogens is 427 g/mol. The van der Waals surface area contributed by atoms with Crippen molar-refractivity contribution in [1.82, 2.24) is 4.90 Å². The van der Waals surface area contributed by atoms with Gasteiger partial charge >= 0.3 is 5.51 Å². The fourth-order valence-electron chi connectivity index (χ4n) is 3.05. The fourth-order valence-corrected chi connectivity index (χ4v) is 3.81. The summed E-state index contributed by atoms with van der Waals surface area (Å²) in [4.78, 5) is 25.2. The number of benzene rings is 2. The van der Waals surface area contributed by atoms with E-state index in [4.69, 9.17) is 0 Å². The molecule has 160 valence electrons. The van der Waals surface area contributed by atoms with Gasteiger partial charge in [-0.15, -0.1) is 0 Å². The Morgan fingerprint density at radius 1 is 0.933 bits per heavy atom. The van der Waals surface area contributed by atoms with Gasteiger partial charge in [-0.1, -0.05) is 0 Å². The van der Waals surface area contributed by atoms with Crippen LogP contribution in [-0.2, 0) is 9.84 Å². The number of hydrogen-bond donors (Lipinski definition) is 0. The number of nitro benzene ring substituents is 1. The summed E-state index contributed by atoms with van der Waals surface area (Å²) in [5, 5.41) is 10.7. The van der Waals surface area contributed by atoms with Crippen molar-refractivity contribution in [2.24, 2.45) is 0 Å². The molecule has 1 aliphatic rings. The Hall–Kier alpha value is -3.15. The maximum Gasteiger partial charge on any atom is 0.501 e. The molecule has 0 aliphatic carbocycles. The smallest absolute Gasteiger partial charge is 0.368 e. The first-order valence-corrected chi connectivity index (χ1v) is 10.2. The zero-order valence-corrected chi connectivity index (χ0v) is 16.2. The summed E-state index contributed by atoms with van der Waals surface area (Å²) in [7, 11) is -5.40. The predicted molar refractivity (Wildman–Crippen MR) is 101 cm³/mol. The van der Waals surface area contributed by atoms with Crippen LogP contribution >= 0.6 is 0 Å². The zero-order valence-electron chi connectivity index (χ0n) is 15.4. The van der Waals surface area contributed by atoms with Crippen molar-refractivity contribution in [2.75, 3.05) is 31.1 Å². The van der Waals surface area contributed by atoms with Crippen LogP contribution in [0.25, 0.3) is 0 Å². The summed E-state index contributed by atoms with van der Waals surface area (Å²) >= 11 is 0. The van der Waals surface area contributed by atoms with Gasteiger partial charge < -0.3 is 9.80 Å². The standard InChI is InChI=1S/C18H16F3N3O5S/c19-18(20,21)30(28,29)16-7-5-14(6-8-16)22-9-11-23(12-10-22)17(25)13-1-3-15(4-2-13)24(26)27/h1-8H,9-12H2. The van der Waals surface area contributed by atoms with Crippen LogP contribution < -0.4 is 4.90 Å². The van der Waals surface area contributed by atoms with Crippen LogP contribution in [0.2, 0.25) is 0 Å². The van der Waals surface area contributed by atoms with E-state index in [2.05, 4.69) is 0 Å². The number of sulfone groups is 1. The number of nitrogens with zero attached hydrogens (tertiary/aromatic N) is 3. The topological polar surface area (TPSA) is 101 Å². The Morgan fingerprint density at radius 3 is 1.93 bits per heavy atom. The minimum Gasteiger partial charge on any atom is -0.368 e. The lowest BCUT2D eigenvalue weighted by Crippen LogP contribution is -2.48. The number of carbonyl (C=O) groups excluding carboxylic acids is 1. The first-order chi connectivity index (χ1) is 14.0. The van der Waals surface area contributed by atoms with Crippen LogP contribution in [-0.4, -0.2) is 55.8 Å². The van der Waals surface area contributed by atoms with E-state index in [1.807, 2.05) is 4.90 Å². The predicted octanol–water partition coefficient (Wildman–Crippen LogP) is 2.85. The first-order valence-electron chi connectivity index (χ1n) is 8.71. The number of piperazine rings is 1. The van der Waals surface area contributed by atoms with Gasteiger partial charge in [0, 0.05) is 49.6 Å². The second kappa shape index (κ2) is 7.94. The fraction of sp³-hybridized carbons (Fsp3) is 0.278. The summed E-state index contributed by atoms with van der Waals surface area (Å²) in [6.07, 6.45) is 0. The molecule has 12 heteroatoms. The highest BCUT2D eigenvalue weighted by molar-refractivity contribution is 7.92. The van der Waals surface area contributed by atoms with E-state index in [1.165, 1.54) is 36.4 Å². The Balaban J connectivity index is 1.64. The van der Waals surface area contributed by atoms with E-state index < -0.39 is 25.2 Å². The van der Waals surface area contributed by atoms with E-state index in [-0.39, 0.29) is 11.6 Å². The number of alkyl halides is 3. The Kier molecular flexibility index (Phi) is 5.70. The number of carbonyl (C=O) groups is 1. The molecular formula is C18H16F3N3O5S. The van der Waals surface area contributed by atoms with Crippen LogP contribution in [0.4, 0.5) is 24.5 Å². The highest BCUT2D eigenvalue weighted by Crippen LogP contribution is 2.31. The average Bonchev–Trinajstić information content (AvgIpc) is 2.72. The van der Waals surface area contributed by atoms with E-state index >= 15 is 0 Å². The van der Waals surface area contributed by atoms with Crippen LogP contribution in [0.1, 0.15) is 10.4 Å². The number of non-ortho nitro benzene ring substituents is 1. The molecule has 0 spiro atoms. The molecule has 1 heterocycles. The van der Waals surface area contributed by atoms with Gasteiger partial charge in [-0.05, 0) is 36.4 Å². The molecule has 0 N–H and O–H groups in total. The lowest BCUT2D eigenvalue weighted by atomic mass is 10.1. The molecule has 0 bridgehead atoms. The number of halogens is 3. The second-order valence-corrected chi connectivity index (χ2v) is 8.47. The van der Waals surface area contributed by atoms with E-state index in [1.54, 1.807) is 4.90 Å². The molecule has 2 aromatic rings. The number of amides is 1. The lowest BCUT2D eigenvalue weighted by Gasteiger charge is -2.36. The maximum atomic E-state index is 12.6. The number of hydrogen-bond acceptors (Lipinski definition) is 6. The molecule has 0 unspecified atom stereocenters. The molecule has 0 radical (unpaired) electrons. The highest BCUT2D eigenvalue weighted by atomic mass is 32.2. The van der Waals surface area contributed by atoms with Gasteiger partial charge in [0.15, 0.2) is 0 Å². The molecule has 0 aromatic heterocycles. The summed E-state index contributed by atoms with van der Waals surface area (Å²) in [5.74, 6) is -0.281. The summed E-state index contributed by atoms with van der Waals surface area (Å²) in [6.45, 7) is 1.45. The van der Waals surface area contributed by atoms with Crippen molar-refractivity contribution in [1.29, 1.82) is 0 Å². The molecule has 1 amide bonds. The highest BCUT2D eigenvalue weighted by Gasteiger charge is 2.46. The zero-order chi connectivity index (χ0) is 22.1. The van der Waals surface area contributed by atoms with Gasteiger partial charge in [0.2, 0.25) is 0 Å².